The van der Waals surface area contributed by atoms with Crippen LogP contribution in [-0.2, 0) is 9.47 Å². The van der Waals surface area contributed by atoms with Gasteiger partial charge in [-0.2, -0.15) is 0 Å². The smallest absolute Gasteiger partial charge is 0.157 e. The summed E-state index contributed by atoms with van der Waals surface area (Å²) in [5, 5.41) is 21.0. The second-order valence-corrected chi connectivity index (χ2v) is 12.2. The first-order valence-corrected chi connectivity index (χ1v) is 13.2. The Bertz CT molecular complexity index is 849. The summed E-state index contributed by atoms with van der Waals surface area (Å²) in [7, 11) is 0. The molecular formula is C28H40O4. The molecule has 4 heteroatoms. The molecule has 0 aromatic carbocycles. The third-order valence-corrected chi connectivity index (χ3v) is 10.9. The molecule has 1 heterocycles. The molecule has 1 aliphatic heterocycles. The Morgan fingerprint density at radius 2 is 2.00 bits per heavy atom. The zero-order valence-corrected chi connectivity index (χ0v) is 19.8. The maximum atomic E-state index is 11.7. The van der Waals surface area contributed by atoms with Crippen molar-refractivity contribution in [1.82, 2.24) is 0 Å². The van der Waals surface area contributed by atoms with Gasteiger partial charge in [0, 0.05) is 17.9 Å². The third-order valence-electron chi connectivity index (χ3n) is 10.9. The van der Waals surface area contributed by atoms with E-state index in [1.807, 2.05) is 0 Å². The van der Waals surface area contributed by atoms with Gasteiger partial charge in [-0.15, -0.1) is 0 Å². The van der Waals surface area contributed by atoms with E-state index in [4.69, 9.17) is 9.47 Å². The SMILES string of the molecule is C[C@]12CC[C@H](OC3CCCCO3)CC1=CC[C@H]1[C@@H]3[C@@H]4C[C@@H]4[C@@](O)(C#CCO)[C@@]3(C)CC[C@@H]12. The van der Waals surface area contributed by atoms with Crippen LogP contribution in [0.4, 0.5) is 0 Å². The fraction of sp³-hybridized carbons (Fsp3) is 0.857. The second-order valence-electron chi connectivity index (χ2n) is 12.2. The van der Waals surface area contributed by atoms with Gasteiger partial charge >= 0.3 is 0 Å². The number of rotatable bonds is 2. The molecule has 5 aliphatic carbocycles. The summed E-state index contributed by atoms with van der Waals surface area (Å²) >= 11 is 0. The van der Waals surface area contributed by atoms with E-state index < -0.39 is 5.60 Å². The standard InChI is InChI=1S/C28H40O4/c1-26-12-9-19(32-24-6-3-4-15-31-24)16-18(26)7-8-20-22(26)10-13-27(2)25(20)21-17-23(21)28(27,30)11-5-14-29/h7,19-25,29-30H,3-4,6,8-10,12-17H2,1-2H3/t19-,20+,21+,22-,23-,24?,25+,26-,27-,28-/m0/s1. The third kappa shape index (κ3) is 2.97. The van der Waals surface area contributed by atoms with E-state index in [9.17, 15) is 10.2 Å². The molecule has 0 aromatic rings. The summed E-state index contributed by atoms with van der Waals surface area (Å²) in [5.74, 6) is 8.84. The van der Waals surface area contributed by atoms with Crippen molar-refractivity contribution in [2.45, 2.75) is 96.1 Å². The Morgan fingerprint density at radius 1 is 1.12 bits per heavy atom. The molecule has 0 radical (unpaired) electrons. The zero-order valence-electron chi connectivity index (χ0n) is 19.8. The number of fused-ring (bicyclic) bond motifs is 7. The Balaban J connectivity index is 1.23. The van der Waals surface area contributed by atoms with E-state index in [0.29, 0.717) is 35.7 Å². The molecule has 0 spiro atoms. The molecule has 0 aromatic heterocycles. The van der Waals surface area contributed by atoms with Crippen molar-refractivity contribution >= 4 is 0 Å². The van der Waals surface area contributed by atoms with E-state index in [-0.39, 0.29) is 23.7 Å². The highest BCUT2D eigenvalue weighted by molar-refractivity contribution is 5.36. The zero-order chi connectivity index (χ0) is 22.1. The van der Waals surface area contributed by atoms with Crippen molar-refractivity contribution in [3.63, 3.8) is 0 Å². The lowest BCUT2D eigenvalue weighted by atomic mass is 9.46. The summed E-state index contributed by atoms with van der Waals surface area (Å²) in [4.78, 5) is 0. The molecule has 6 rings (SSSR count). The van der Waals surface area contributed by atoms with Crippen LogP contribution in [0, 0.1) is 52.3 Å². The van der Waals surface area contributed by atoms with Crippen LogP contribution in [-0.4, -0.2) is 41.4 Å². The van der Waals surface area contributed by atoms with Gasteiger partial charge in [0.05, 0.1) is 6.10 Å². The predicted octanol–water partition coefficient (Wildman–Crippen LogP) is 4.44. The highest BCUT2D eigenvalue weighted by atomic mass is 16.7. The second kappa shape index (κ2) is 7.57. The minimum absolute atomic E-state index is 0.00781. The Labute approximate surface area is 193 Å². The van der Waals surface area contributed by atoms with Crippen molar-refractivity contribution in [1.29, 1.82) is 0 Å². The van der Waals surface area contributed by atoms with Crippen molar-refractivity contribution in [3.8, 4) is 11.8 Å². The molecule has 10 atom stereocenters. The van der Waals surface area contributed by atoms with Crippen LogP contribution in [0.15, 0.2) is 11.6 Å². The molecule has 4 saturated carbocycles. The minimum atomic E-state index is -0.910. The van der Waals surface area contributed by atoms with Gasteiger partial charge in [-0.05, 0) is 93.3 Å². The van der Waals surface area contributed by atoms with Crippen molar-refractivity contribution in [2.24, 2.45) is 40.4 Å². The average Bonchev–Trinajstić information content (AvgIpc) is 3.55. The van der Waals surface area contributed by atoms with E-state index in [1.165, 1.54) is 25.7 Å². The number of ether oxygens (including phenoxy) is 2. The monoisotopic (exact) mass is 440 g/mol. The van der Waals surface area contributed by atoms with E-state index in [0.717, 1.165) is 45.1 Å². The maximum absolute atomic E-state index is 11.7. The van der Waals surface area contributed by atoms with Crippen LogP contribution in [0.5, 0.6) is 0 Å². The summed E-state index contributed by atoms with van der Waals surface area (Å²) in [6.07, 6.45) is 14.2. The quantitative estimate of drug-likeness (QED) is 0.492. The lowest BCUT2D eigenvalue weighted by Gasteiger charge is -2.59. The average molecular weight is 441 g/mol. The number of aliphatic hydroxyl groups is 2. The molecule has 1 unspecified atom stereocenters. The lowest BCUT2D eigenvalue weighted by Crippen LogP contribution is -2.56. The molecule has 32 heavy (non-hydrogen) atoms. The van der Waals surface area contributed by atoms with Gasteiger partial charge in [0.25, 0.3) is 0 Å². The lowest BCUT2D eigenvalue weighted by molar-refractivity contribution is -0.195. The topological polar surface area (TPSA) is 58.9 Å². The first kappa shape index (κ1) is 21.7. The van der Waals surface area contributed by atoms with Crippen molar-refractivity contribution < 1.29 is 19.7 Å². The highest BCUT2D eigenvalue weighted by Crippen LogP contribution is 2.76. The molecule has 2 N–H and O–H groups in total. The fourth-order valence-corrected chi connectivity index (χ4v) is 9.19. The molecule has 176 valence electrons. The molecule has 5 fully saturated rings. The predicted molar refractivity (Wildman–Crippen MR) is 122 cm³/mol. The first-order valence-electron chi connectivity index (χ1n) is 13.2. The summed E-state index contributed by atoms with van der Waals surface area (Å²) in [6, 6.07) is 0. The normalized spacial score (nSPS) is 53.6. The molecule has 0 bridgehead atoms. The molecular weight excluding hydrogens is 400 g/mol. The van der Waals surface area contributed by atoms with E-state index in [1.54, 1.807) is 5.57 Å². The van der Waals surface area contributed by atoms with Crippen LogP contribution >= 0.6 is 0 Å². The van der Waals surface area contributed by atoms with Crippen molar-refractivity contribution in [3.05, 3.63) is 11.6 Å². The van der Waals surface area contributed by atoms with Crippen molar-refractivity contribution in [2.75, 3.05) is 13.2 Å². The van der Waals surface area contributed by atoms with Crippen LogP contribution in [0.3, 0.4) is 0 Å². The van der Waals surface area contributed by atoms with Gasteiger partial charge in [-0.25, -0.2) is 0 Å². The molecule has 1 saturated heterocycles. The minimum Gasteiger partial charge on any atom is -0.384 e. The van der Waals surface area contributed by atoms with Gasteiger partial charge in [0.1, 0.15) is 12.2 Å². The number of aliphatic hydroxyl groups excluding tert-OH is 1. The maximum Gasteiger partial charge on any atom is 0.157 e. The van der Waals surface area contributed by atoms with Gasteiger partial charge in [-0.1, -0.05) is 37.3 Å². The van der Waals surface area contributed by atoms with E-state index in [2.05, 4.69) is 31.8 Å². The summed E-state index contributed by atoms with van der Waals surface area (Å²) in [5.41, 5.74) is 0.867. The fourth-order valence-electron chi connectivity index (χ4n) is 9.19. The van der Waals surface area contributed by atoms with Gasteiger partial charge in [0.15, 0.2) is 6.29 Å². The van der Waals surface area contributed by atoms with Gasteiger partial charge in [0.2, 0.25) is 0 Å². The van der Waals surface area contributed by atoms with Gasteiger partial charge in [-0.3, -0.25) is 0 Å². The van der Waals surface area contributed by atoms with E-state index >= 15 is 0 Å². The summed E-state index contributed by atoms with van der Waals surface area (Å²) < 4.78 is 12.3. The Hall–Kier alpha value is -0.860. The van der Waals surface area contributed by atoms with Gasteiger partial charge < -0.3 is 19.7 Å². The molecule has 6 aliphatic rings. The number of hydrogen-bond acceptors (Lipinski definition) is 4. The van der Waals surface area contributed by atoms with Crippen LogP contribution in [0.2, 0.25) is 0 Å². The number of hydrogen-bond donors (Lipinski definition) is 2. The number of allylic oxidation sites excluding steroid dienone is 1. The van der Waals surface area contributed by atoms with Crippen LogP contribution in [0.25, 0.3) is 0 Å². The highest BCUT2D eigenvalue weighted by Gasteiger charge is 2.76. The van der Waals surface area contributed by atoms with Crippen LogP contribution < -0.4 is 0 Å². The largest absolute Gasteiger partial charge is 0.384 e. The Kier molecular flexibility index (Phi) is 5.12. The Morgan fingerprint density at radius 3 is 2.78 bits per heavy atom. The molecule has 0 amide bonds. The first-order chi connectivity index (χ1) is 15.4. The molecule has 4 nitrogen and oxygen atoms in total. The van der Waals surface area contributed by atoms with Crippen LogP contribution in [0.1, 0.15) is 78.1 Å². The summed E-state index contributed by atoms with van der Waals surface area (Å²) in [6.45, 7) is 5.52.